The van der Waals surface area contributed by atoms with E-state index in [1.807, 2.05) is 24.3 Å². The number of amides is 1. The van der Waals surface area contributed by atoms with Crippen molar-refractivity contribution in [1.29, 1.82) is 0 Å². The molecule has 2 rings (SSSR count). The Hall–Kier alpha value is -1.84. The Morgan fingerprint density at radius 1 is 1.39 bits per heavy atom. The van der Waals surface area contributed by atoms with Crippen molar-refractivity contribution in [2.45, 2.75) is 33.2 Å². The van der Waals surface area contributed by atoms with Crippen molar-refractivity contribution in [3.05, 3.63) is 30.1 Å². The van der Waals surface area contributed by atoms with E-state index in [-0.39, 0.29) is 5.91 Å². The van der Waals surface area contributed by atoms with Crippen molar-refractivity contribution in [2.75, 3.05) is 0 Å². The number of para-hydroxylation sites is 2. The molecule has 0 spiro atoms. The van der Waals surface area contributed by atoms with E-state index in [1.165, 1.54) is 0 Å². The van der Waals surface area contributed by atoms with Crippen LogP contribution in [0.3, 0.4) is 0 Å². The molecule has 0 atom stereocenters. The molecule has 0 unspecified atom stereocenters. The molecule has 0 fully saturated rings. The number of aromatic nitrogens is 2. The first kappa shape index (κ1) is 12.6. The van der Waals surface area contributed by atoms with Gasteiger partial charge in [0.2, 0.25) is 5.91 Å². The van der Waals surface area contributed by atoms with Crippen LogP contribution in [-0.2, 0) is 11.3 Å². The molecule has 1 aromatic heterocycles. The normalized spacial score (nSPS) is 11.1. The van der Waals surface area contributed by atoms with E-state index in [4.69, 9.17) is 0 Å². The molecule has 1 aromatic carbocycles. The third-order valence-electron chi connectivity index (χ3n) is 2.84. The number of H-pyrrole nitrogens is 1. The van der Waals surface area contributed by atoms with Crippen molar-refractivity contribution in [1.82, 2.24) is 15.3 Å². The number of hydrogen-bond donors (Lipinski definition) is 2. The summed E-state index contributed by atoms with van der Waals surface area (Å²) in [5.74, 6) is 1.44. The number of imidazole rings is 1. The Balaban J connectivity index is 1.88. The van der Waals surface area contributed by atoms with E-state index in [9.17, 15) is 4.79 Å². The van der Waals surface area contributed by atoms with Gasteiger partial charge in [-0.25, -0.2) is 4.98 Å². The number of fused-ring (bicyclic) bond motifs is 1. The first-order valence-electron chi connectivity index (χ1n) is 6.35. The zero-order valence-electron chi connectivity index (χ0n) is 10.9. The van der Waals surface area contributed by atoms with Crippen molar-refractivity contribution in [3.8, 4) is 0 Å². The van der Waals surface area contributed by atoms with Gasteiger partial charge in [-0.1, -0.05) is 26.0 Å². The highest BCUT2D eigenvalue weighted by molar-refractivity contribution is 5.76. The molecule has 0 saturated heterocycles. The minimum atomic E-state index is 0.0872. The Bertz CT molecular complexity index is 498. The molecule has 0 saturated carbocycles. The number of benzene rings is 1. The number of rotatable bonds is 5. The Morgan fingerprint density at radius 2 is 2.17 bits per heavy atom. The number of nitrogens with one attached hydrogen (secondary N) is 2. The standard InChI is InChI=1S/C14H19N3O/c1-10(2)7-8-14(18)15-9-13-16-11-5-3-4-6-12(11)17-13/h3-6,10H,7-9H2,1-2H3,(H,15,18)(H,16,17). The third kappa shape index (κ3) is 3.32. The number of nitrogens with zero attached hydrogens (tertiary/aromatic N) is 1. The molecule has 1 heterocycles. The molecule has 0 aliphatic rings. The van der Waals surface area contributed by atoms with Crippen LogP contribution in [0, 0.1) is 5.92 Å². The lowest BCUT2D eigenvalue weighted by molar-refractivity contribution is -0.121. The molecule has 1 amide bonds. The third-order valence-corrected chi connectivity index (χ3v) is 2.84. The fourth-order valence-corrected chi connectivity index (χ4v) is 1.78. The molecule has 0 aliphatic heterocycles. The van der Waals surface area contributed by atoms with Crippen LogP contribution in [0.1, 0.15) is 32.5 Å². The highest BCUT2D eigenvalue weighted by Gasteiger charge is 2.05. The summed E-state index contributed by atoms with van der Waals surface area (Å²) in [5, 5.41) is 2.88. The van der Waals surface area contributed by atoms with E-state index < -0.39 is 0 Å². The Labute approximate surface area is 107 Å². The molecular weight excluding hydrogens is 226 g/mol. The molecule has 0 aliphatic carbocycles. The molecule has 2 N–H and O–H groups in total. The Kier molecular flexibility index (Phi) is 3.97. The van der Waals surface area contributed by atoms with Crippen LogP contribution >= 0.6 is 0 Å². The average Bonchev–Trinajstić information content (AvgIpc) is 2.76. The molecule has 0 radical (unpaired) electrons. The lowest BCUT2D eigenvalue weighted by Crippen LogP contribution is -2.23. The summed E-state index contributed by atoms with van der Waals surface area (Å²) < 4.78 is 0. The minimum absolute atomic E-state index is 0.0872. The van der Waals surface area contributed by atoms with Crippen LogP contribution in [0.2, 0.25) is 0 Å². The molecule has 4 nitrogen and oxygen atoms in total. The summed E-state index contributed by atoms with van der Waals surface area (Å²) in [6.07, 6.45) is 1.50. The van der Waals surface area contributed by atoms with Gasteiger partial charge in [0.1, 0.15) is 5.82 Å². The summed E-state index contributed by atoms with van der Waals surface area (Å²) in [6.45, 7) is 4.70. The zero-order chi connectivity index (χ0) is 13.0. The number of carbonyl (C=O) groups excluding carboxylic acids is 1. The second-order valence-electron chi connectivity index (χ2n) is 4.91. The smallest absolute Gasteiger partial charge is 0.220 e. The SMILES string of the molecule is CC(C)CCC(=O)NCc1nc2ccccc2[nH]1. The Morgan fingerprint density at radius 3 is 2.89 bits per heavy atom. The van der Waals surface area contributed by atoms with Crippen LogP contribution in [0.5, 0.6) is 0 Å². The van der Waals surface area contributed by atoms with Crippen molar-refractivity contribution < 1.29 is 4.79 Å². The van der Waals surface area contributed by atoms with Crippen LogP contribution in [0.4, 0.5) is 0 Å². The molecular formula is C14H19N3O. The predicted molar refractivity (Wildman–Crippen MR) is 72.0 cm³/mol. The molecule has 4 heteroatoms. The van der Waals surface area contributed by atoms with Gasteiger partial charge in [-0.05, 0) is 24.5 Å². The average molecular weight is 245 g/mol. The van der Waals surface area contributed by atoms with E-state index in [2.05, 4.69) is 29.1 Å². The van der Waals surface area contributed by atoms with E-state index in [0.717, 1.165) is 23.3 Å². The highest BCUT2D eigenvalue weighted by atomic mass is 16.1. The van der Waals surface area contributed by atoms with Crippen LogP contribution in [-0.4, -0.2) is 15.9 Å². The van der Waals surface area contributed by atoms with Gasteiger partial charge < -0.3 is 10.3 Å². The maximum Gasteiger partial charge on any atom is 0.220 e. The van der Waals surface area contributed by atoms with Crippen molar-refractivity contribution in [2.24, 2.45) is 5.92 Å². The second-order valence-corrected chi connectivity index (χ2v) is 4.91. The van der Waals surface area contributed by atoms with Gasteiger partial charge in [0.25, 0.3) is 0 Å². The quantitative estimate of drug-likeness (QED) is 0.850. The fraction of sp³-hybridized carbons (Fsp3) is 0.429. The van der Waals surface area contributed by atoms with Gasteiger partial charge in [-0.2, -0.15) is 0 Å². The number of hydrogen-bond acceptors (Lipinski definition) is 2. The summed E-state index contributed by atoms with van der Waals surface area (Å²) in [6, 6.07) is 7.85. The van der Waals surface area contributed by atoms with Crippen LogP contribution in [0.15, 0.2) is 24.3 Å². The van der Waals surface area contributed by atoms with Gasteiger partial charge in [0.05, 0.1) is 17.6 Å². The van der Waals surface area contributed by atoms with E-state index in [0.29, 0.717) is 18.9 Å². The monoisotopic (exact) mass is 245 g/mol. The van der Waals surface area contributed by atoms with E-state index in [1.54, 1.807) is 0 Å². The zero-order valence-corrected chi connectivity index (χ0v) is 10.9. The lowest BCUT2D eigenvalue weighted by atomic mass is 10.1. The first-order valence-corrected chi connectivity index (χ1v) is 6.35. The maximum absolute atomic E-state index is 11.6. The number of carbonyl (C=O) groups is 1. The minimum Gasteiger partial charge on any atom is -0.349 e. The summed E-state index contributed by atoms with van der Waals surface area (Å²) >= 11 is 0. The highest BCUT2D eigenvalue weighted by Crippen LogP contribution is 2.10. The summed E-state index contributed by atoms with van der Waals surface area (Å²) in [5.41, 5.74) is 1.94. The molecule has 0 bridgehead atoms. The van der Waals surface area contributed by atoms with Crippen molar-refractivity contribution in [3.63, 3.8) is 0 Å². The lowest BCUT2D eigenvalue weighted by Gasteiger charge is -2.05. The predicted octanol–water partition coefficient (Wildman–Crippen LogP) is 2.62. The molecule has 18 heavy (non-hydrogen) atoms. The van der Waals surface area contributed by atoms with E-state index >= 15 is 0 Å². The second kappa shape index (κ2) is 5.67. The number of aromatic amines is 1. The van der Waals surface area contributed by atoms with Gasteiger partial charge in [0, 0.05) is 6.42 Å². The van der Waals surface area contributed by atoms with Gasteiger partial charge in [0.15, 0.2) is 0 Å². The van der Waals surface area contributed by atoms with Gasteiger partial charge in [-0.15, -0.1) is 0 Å². The summed E-state index contributed by atoms with van der Waals surface area (Å²) in [7, 11) is 0. The van der Waals surface area contributed by atoms with Gasteiger partial charge >= 0.3 is 0 Å². The van der Waals surface area contributed by atoms with Crippen LogP contribution < -0.4 is 5.32 Å². The molecule has 96 valence electrons. The largest absolute Gasteiger partial charge is 0.349 e. The first-order chi connectivity index (χ1) is 8.65. The fourth-order valence-electron chi connectivity index (χ4n) is 1.78. The topological polar surface area (TPSA) is 57.8 Å². The van der Waals surface area contributed by atoms with Gasteiger partial charge in [-0.3, -0.25) is 4.79 Å². The maximum atomic E-state index is 11.6. The van der Waals surface area contributed by atoms with Crippen molar-refractivity contribution >= 4 is 16.9 Å². The van der Waals surface area contributed by atoms with Crippen LogP contribution in [0.25, 0.3) is 11.0 Å². The molecule has 2 aromatic rings. The summed E-state index contributed by atoms with van der Waals surface area (Å²) in [4.78, 5) is 19.2.